The van der Waals surface area contributed by atoms with Crippen LogP contribution in [0.4, 0.5) is 0 Å². The van der Waals surface area contributed by atoms with E-state index in [0.717, 1.165) is 5.56 Å². The molecule has 0 aromatic heterocycles. The summed E-state index contributed by atoms with van der Waals surface area (Å²) in [5.74, 6) is -1.25. The zero-order valence-electron chi connectivity index (χ0n) is 8.19. The Labute approximate surface area is 87.9 Å². The van der Waals surface area contributed by atoms with E-state index in [2.05, 4.69) is 12.2 Å². The molecule has 79 valence electrons. The van der Waals surface area contributed by atoms with Gasteiger partial charge in [-0.15, -0.1) is 0 Å². The highest BCUT2D eigenvalue weighted by Crippen LogP contribution is 2.04. The van der Waals surface area contributed by atoms with Crippen molar-refractivity contribution in [2.75, 3.05) is 6.54 Å². The zero-order chi connectivity index (χ0) is 11.3. The van der Waals surface area contributed by atoms with Crippen molar-refractivity contribution in [2.24, 2.45) is 0 Å². The summed E-state index contributed by atoms with van der Waals surface area (Å²) in [6.45, 7) is 3.69. The normalized spacial score (nSPS) is 9.67. The van der Waals surface area contributed by atoms with Gasteiger partial charge in [0.1, 0.15) is 0 Å². The van der Waals surface area contributed by atoms with Gasteiger partial charge in [0.05, 0.1) is 5.56 Å². The lowest BCUT2D eigenvalue weighted by atomic mass is 10.1. The molecule has 0 spiro atoms. The molecule has 1 amide bonds. The predicted octanol–water partition coefficient (Wildman–Crippen LogP) is 0.878. The number of carbonyl (C=O) groups excluding carboxylic acids is 1. The lowest BCUT2D eigenvalue weighted by Crippen LogP contribution is -2.22. The van der Waals surface area contributed by atoms with E-state index in [1.54, 1.807) is 24.3 Å². The number of amides is 1. The Balaban J connectivity index is 2.50. The molecule has 0 bridgehead atoms. The molecule has 4 heteroatoms. The first kappa shape index (κ1) is 11.2. The van der Waals surface area contributed by atoms with Gasteiger partial charge in [0.25, 0.3) is 0 Å². The largest absolute Gasteiger partial charge is 0.478 e. The smallest absolute Gasteiger partial charge is 0.335 e. The summed E-state index contributed by atoms with van der Waals surface area (Å²) in [7, 11) is 0. The maximum absolute atomic E-state index is 10.6. The molecular formula is C11H12NO3. The number of carboxylic acids is 1. The van der Waals surface area contributed by atoms with E-state index in [4.69, 9.17) is 5.11 Å². The summed E-state index contributed by atoms with van der Waals surface area (Å²) in [4.78, 5) is 21.0. The van der Waals surface area contributed by atoms with Gasteiger partial charge < -0.3 is 10.4 Å². The monoisotopic (exact) mass is 206 g/mol. The van der Waals surface area contributed by atoms with Gasteiger partial charge in [-0.25, -0.2) is 4.79 Å². The Morgan fingerprint density at radius 1 is 1.27 bits per heavy atom. The Morgan fingerprint density at radius 2 is 1.87 bits per heavy atom. The molecule has 0 atom stereocenters. The minimum Gasteiger partial charge on any atom is -0.478 e. The lowest BCUT2D eigenvalue weighted by Gasteiger charge is -2.02. The molecule has 4 nitrogen and oxygen atoms in total. The molecule has 0 aliphatic carbocycles. The number of carbonyl (C=O) groups is 2. The molecular weight excluding hydrogens is 194 g/mol. The first-order valence-corrected chi connectivity index (χ1v) is 4.51. The van der Waals surface area contributed by atoms with Crippen LogP contribution in [0.5, 0.6) is 0 Å². The summed E-state index contributed by atoms with van der Waals surface area (Å²) in [5, 5.41) is 11.2. The van der Waals surface area contributed by atoms with E-state index >= 15 is 0 Å². The molecule has 15 heavy (non-hydrogen) atoms. The van der Waals surface area contributed by atoms with Crippen molar-refractivity contribution < 1.29 is 14.7 Å². The zero-order valence-corrected chi connectivity index (χ0v) is 8.19. The highest BCUT2D eigenvalue weighted by atomic mass is 16.4. The minimum atomic E-state index is -0.937. The van der Waals surface area contributed by atoms with E-state index in [9.17, 15) is 9.59 Å². The molecule has 0 heterocycles. The SMILES string of the molecule is [CH2]C(=O)NCCc1ccc(C(=O)O)cc1. The summed E-state index contributed by atoms with van der Waals surface area (Å²) in [6, 6.07) is 6.56. The van der Waals surface area contributed by atoms with E-state index in [0.29, 0.717) is 13.0 Å². The number of hydrogen-bond acceptors (Lipinski definition) is 2. The van der Waals surface area contributed by atoms with E-state index < -0.39 is 5.97 Å². The summed E-state index contributed by atoms with van der Waals surface area (Å²) >= 11 is 0. The van der Waals surface area contributed by atoms with Crippen LogP contribution in [0.3, 0.4) is 0 Å². The first-order chi connectivity index (χ1) is 7.09. The van der Waals surface area contributed by atoms with Crippen LogP contribution in [0.15, 0.2) is 24.3 Å². The van der Waals surface area contributed by atoms with Crippen LogP contribution in [0.25, 0.3) is 0 Å². The van der Waals surface area contributed by atoms with Crippen LogP contribution in [0, 0.1) is 6.92 Å². The lowest BCUT2D eigenvalue weighted by molar-refractivity contribution is -0.116. The van der Waals surface area contributed by atoms with Gasteiger partial charge in [-0.1, -0.05) is 12.1 Å². The van der Waals surface area contributed by atoms with Crippen molar-refractivity contribution in [3.63, 3.8) is 0 Å². The highest BCUT2D eigenvalue weighted by Gasteiger charge is 2.01. The molecule has 1 aromatic rings. The molecule has 2 N–H and O–H groups in total. The number of benzene rings is 1. The van der Waals surface area contributed by atoms with Gasteiger partial charge in [0.2, 0.25) is 5.91 Å². The summed E-state index contributed by atoms with van der Waals surface area (Å²) in [6.07, 6.45) is 0.668. The third-order valence-electron chi connectivity index (χ3n) is 1.94. The Kier molecular flexibility index (Phi) is 3.85. The average molecular weight is 206 g/mol. The van der Waals surface area contributed by atoms with Crippen LogP contribution in [-0.2, 0) is 11.2 Å². The van der Waals surface area contributed by atoms with Crippen molar-refractivity contribution in [1.82, 2.24) is 5.32 Å². The van der Waals surface area contributed by atoms with Crippen LogP contribution in [0.1, 0.15) is 15.9 Å². The molecule has 0 saturated heterocycles. The topological polar surface area (TPSA) is 66.4 Å². The maximum atomic E-state index is 10.6. The predicted molar refractivity (Wildman–Crippen MR) is 55.5 cm³/mol. The Morgan fingerprint density at radius 3 is 2.33 bits per heavy atom. The first-order valence-electron chi connectivity index (χ1n) is 4.51. The molecule has 0 saturated carbocycles. The third-order valence-corrected chi connectivity index (χ3v) is 1.94. The second kappa shape index (κ2) is 5.14. The Bertz CT molecular complexity index is 357. The van der Waals surface area contributed by atoms with Gasteiger partial charge in [-0.2, -0.15) is 0 Å². The molecule has 1 rings (SSSR count). The van der Waals surface area contributed by atoms with Crippen molar-refractivity contribution >= 4 is 11.9 Å². The van der Waals surface area contributed by atoms with Crippen LogP contribution in [-0.4, -0.2) is 23.5 Å². The van der Waals surface area contributed by atoms with Gasteiger partial charge in [0.15, 0.2) is 0 Å². The molecule has 1 aromatic carbocycles. The molecule has 0 fully saturated rings. The molecule has 1 radical (unpaired) electrons. The number of carboxylic acid groups (broad SMARTS) is 1. The fourth-order valence-corrected chi connectivity index (χ4v) is 1.16. The molecule has 0 aliphatic heterocycles. The van der Waals surface area contributed by atoms with E-state index in [1.807, 2.05) is 0 Å². The van der Waals surface area contributed by atoms with Gasteiger partial charge in [-0.3, -0.25) is 4.79 Å². The second-order valence-corrected chi connectivity index (χ2v) is 3.10. The second-order valence-electron chi connectivity index (χ2n) is 3.10. The van der Waals surface area contributed by atoms with Crippen LogP contribution >= 0.6 is 0 Å². The Hall–Kier alpha value is -1.84. The van der Waals surface area contributed by atoms with Crippen molar-refractivity contribution in [3.8, 4) is 0 Å². The highest BCUT2D eigenvalue weighted by molar-refractivity contribution is 5.87. The fourth-order valence-electron chi connectivity index (χ4n) is 1.16. The number of rotatable bonds is 4. The van der Waals surface area contributed by atoms with Gasteiger partial charge >= 0.3 is 5.97 Å². The van der Waals surface area contributed by atoms with E-state index in [1.165, 1.54) is 0 Å². The molecule has 0 unspecified atom stereocenters. The number of aromatic carboxylic acids is 1. The number of nitrogens with one attached hydrogen (secondary N) is 1. The van der Waals surface area contributed by atoms with E-state index in [-0.39, 0.29) is 11.5 Å². The quantitative estimate of drug-likeness (QED) is 0.768. The fraction of sp³-hybridized carbons (Fsp3) is 0.182. The minimum absolute atomic E-state index is 0.264. The maximum Gasteiger partial charge on any atom is 0.335 e. The van der Waals surface area contributed by atoms with Gasteiger partial charge in [0, 0.05) is 13.5 Å². The third kappa shape index (κ3) is 3.81. The van der Waals surface area contributed by atoms with Gasteiger partial charge in [-0.05, 0) is 24.1 Å². The summed E-state index contributed by atoms with van der Waals surface area (Å²) < 4.78 is 0. The average Bonchev–Trinajstić information content (AvgIpc) is 2.18. The number of hydrogen-bond donors (Lipinski definition) is 2. The van der Waals surface area contributed by atoms with Crippen molar-refractivity contribution in [1.29, 1.82) is 0 Å². The standard InChI is InChI=1S/C11H12NO3/c1-8(13)12-7-6-9-2-4-10(5-3-9)11(14)15/h2-5H,1,6-7H2,(H,12,13)(H,14,15). The van der Waals surface area contributed by atoms with Crippen LogP contribution < -0.4 is 5.32 Å². The van der Waals surface area contributed by atoms with Crippen LogP contribution in [0.2, 0.25) is 0 Å². The van der Waals surface area contributed by atoms with Crippen molar-refractivity contribution in [2.45, 2.75) is 6.42 Å². The summed E-state index contributed by atoms with van der Waals surface area (Å²) in [5.41, 5.74) is 1.24. The van der Waals surface area contributed by atoms with Crippen molar-refractivity contribution in [3.05, 3.63) is 42.3 Å². The molecule has 0 aliphatic rings.